The summed E-state index contributed by atoms with van der Waals surface area (Å²) in [5.74, 6) is -1.48. The number of nitriles is 1. The molecule has 0 fully saturated rings. The van der Waals surface area contributed by atoms with E-state index in [1.54, 1.807) is 24.4 Å². The van der Waals surface area contributed by atoms with Crippen LogP contribution >= 0.6 is 11.3 Å². The van der Waals surface area contributed by atoms with Crippen molar-refractivity contribution in [2.24, 2.45) is 0 Å². The van der Waals surface area contributed by atoms with Gasteiger partial charge in [0.2, 0.25) is 0 Å². The Morgan fingerprint density at radius 1 is 1.55 bits per heavy atom. The first kappa shape index (κ1) is 13.8. The third-order valence-corrected chi connectivity index (χ3v) is 3.27. The molecule has 7 nitrogen and oxygen atoms in total. The molecule has 0 unspecified atom stereocenters. The summed E-state index contributed by atoms with van der Waals surface area (Å²) in [4.78, 5) is 36.0. The van der Waals surface area contributed by atoms with Gasteiger partial charge >= 0.3 is 5.97 Å². The van der Waals surface area contributed by atoms with E-state index in [-0.39, 0.29) is 12.3 Å². The van der Waals surface area contributed by atoms with E-state index >= 15 is 0 Å². The van der Waals surface area contributed by atoms with E-state index < -0.39 is 23.0 Å². The lowest BCUT2D eigenvalue weighted by Crippen LogP contribution is -2.25. The van der Waals surface area contributed by atoms with Crippen molar-refractivity contribution in [2.75, 3.05) is 6.61 Å². The molecule has 0 saturated carbocycles. The predicted octanol–water partition coefficient (Wildman–Crippen LogP) is 0.975. The number of nitrogens with zero attached hydrogens (tertiary/aromatic N) is 2. The van der Waals surface area contributed by atoms with Crippen LogP contribution in [0.4, 0.5) is 0 Å². The Morgan fingerprint density at radius 2 is 2.30 bits per heavy atom. The minimum Gasteiger partial charge on any atom is -0.461 e. The third-order valence-electron chi connectivity index (χ3n) is 2.42. The molecule has 2 aromatic rings. The first-order chi connectivity index (χ1) is 9.60. The average molecular weight is 291 g/mol. The number of esters is 1. The number of hydrogen-bond acceptors (Lipinski definition) is 6. The lowest BCUT2D eigenvalue weighted by atomic mass is 10.3. The largest absolute Gasteiger partial charge is 0.461 e. The number of aromatic amines is 1. The SMILES string of the molecule is CCOC(=O)c1[nH]n(C(=O)c2cccs2)c(=O)c1C#N. The molecule has 8 heteroatoms. The Morgan fingerprint density at radius 3 is 2.85 bits per heavy atom. The number of ether oxygens (including phenoxy) is 1. The summed E-state index contributed by atoms with van der Waals surface area (Å²) in [6, 6.07) is 4.80. The topological polar surface area (TPSA) is 105 Å². The summed E-state index contributed by atoms with van der Waals surface area (Å²) < 4.78 is 5.36. The van der Waals surface area contributed by atoms with E-state index in [2.05, 4.69) is 5.10 Å². The van der Waals surface area contributed by atoms with Crippen LogP contribution in [-0.4, -0.2) is 28.3 Å². The fourth-order valence-corrected chi connectivity index (χ4v) is 2.20. The van der Waals surface area contributed by atoms with Crippen LogP contribution in [0, 0.1) is 11.3 Å². The Kier molecular flexibility index (Phi) is 3.81. The summed E-state index contributed by atoms with van der Waals surface area (Å²) in [7, 11) is 0. The van der Waals surface area contributed by atoms with Crippen molar-refractivity contribution >= 4 is 23.2 Å². The van der Waals surface area contributed by atoms with E-state index in [1.165, 1.54) is 6.07 Å². The summed E-state index contributed by atoms with van der Waals surface area (Å²) >= 11 is 1.15. The molecule has 0 aliphatic heterocycles. The molecule has 1 N–H and O–H groups in total. The minimum absolute atomic E-state index is 0.0930. The van der Waals surface area contributed by atoms with Crippen molar-refractivity contribution in [1.29, 1.82) is 5.26 Å². The average Bonchev–Trinajstić information content (AvgIpc) is 3.05. The normalized spacial score (nSPS) is 10.0. The fraction of sp³-hybridized carbons (Fsp3) is 0.167. The molecule has 0 saturated heterocycles. The van der Waals surface area contributed by atoms with Crippen molar-refractivity contribution in [3.63, 3.8) is 0 Å². The number of hydrogen-bond donors (Lipinski definition) is 1. The summed E-state index contributed by atoms with van der Waals surface area (Å²) in [6.07, 6.45) is 0. The lowest BCUT2D eigenvalue weighted by Gasteiger charge is -1.99. The third kappa shape index (κ3) is 2.26. The highest BCUT2D eigenvalue weighted by atomic mass is 32.1. The van der Waals surface area contributed by atoms with Gasteiger partial charge in [-0.3, -0.25) is 14.7 Å². The lowest BCUT2D eigenvalue weighted by molar-refractivity contribution is 0.0518. The Bertz CT molecular complexity index is 749. The van der Waals surface area contributed by atoms with Crippen LogP contribution in [0.15, 0.2) is 22.3 Å². The molecule has 2 aromatic heterocycles. The molecule has 0 radical (unpaired) electrons. The van der Waals surface area contributed by atoms with E-state index in [1.807, 2.05) is 0 Å². The van der Waals surface area contributed by atoms with E-state index in [0.29, 0.717) is 9.56 Å². The number of aromatic nitrogens is 2. The Hall–Kier alpha value is -2.66. The second kappa shape index (κ2) is 5.54. The molecule has 0 bridgehead atoms. The van der Waals surface area contributed by atoms with E-state index in [9.17, 15) is 14.4 Å². The Labute approximate surface area is 117 Å². The highest BCUT2D eigenvalue weighted by Gasteiger charge is 2.24. The van der Waals surface area contributed by atoms with Gasteiger partial charge in [-0.2, -0.15) is 9.94 Å². The number of carbonyl (C=O) groups is 2. The van der Waals surface area contributed by atoms with Gasteiger partial charge in [-0.1, -0.05) is 6.07 Å². The molecule has 20 heavy (non-hydrogen) atoms. The maximum absolute atomic E-state index is 12.1. The molecular formula is C12H9N3O4S. The number of H-pyrrole nitrogens is 1. The van der Waals surface area contributed by atoms with Crippen molar-refractivity contribution in [3.05, 3.63) is 44.0 Å². The summed E-state index contributed by atoms with van der Waals surface area (Å²) in [5, 5.41) is 13.0. The van der Waals surface area contributed by atoms with Gasteiger partial charge in [-0.05, 0) is 18.4 Å². The maximum Gasteiger partial charge on any atom is 0.357 e. The first-order valence-corrected chi connectivity index (χ1v) is 6.48. The minimum atomic E-state index is -0.867. The zero-order valence-electron chi connectivity index (χ0n) is 10.4. The van der Waals surface area contributed by atoms with Crippen molar-refractivity contribution in [2.45, 2.75) is 6.92 Å². The van der Waals surface area contributed by atoms with Crippen LogP contribution in [0.3, 0.4) is 0 Å². The molecule has 0 amide bonds. The van der Waals surface area contributed by atoms with Gasteiger partial charge < -0.3 is 4.74 Å². The van der Waals surface area contributed by atoms with Crippen LogP contribution in [0.1, 0.15) is 32.6 Å². The Balaban J connectivity index is 2.52. The monoisotopic (exact) mass is 291 g/mol. The van der Waals surface area contributed by atoms with Gasteiger partial charge in [0.15, 0.2) is 11.3 Å². The quantitative estimate of drug-likeness (QED) is 0.848. The first-order valence-electron chi connectivity index (χ1n) is 5.60. The van der Waals surface area contributed by atoms with Crippen LogP contribution in [0.25, 0.3) is 0 Å². The number of thiophene rings is 1. The fourth-order valence-electron chi connectivity index (χ4n) is 1.55. The molecule has 2 rings (SSSR count). The van der Waals surface area contributed by atoms with E-state index in [4.69, 9.17) is 10.00 Å². The summed E-state index contributed by atoms with van der Waals surface area (Å²) in [5.41, 5.74) is -1.62. The highest BCUT2D eigenvalue weighted by Crippen LogP contribution is 2.10. The van der Waals surface area contributed by atoms with Crippen LogP contribution in [0.2, 0.25) is 0 Å². The number of carbonyl (C=O) groups excluding carboxylic acids is 2. The molecule has 0 aliphatic carbocycles. The van der Waals surface area contributed by atoms with Gasteiger partial charge in [-0.15, -0.1) is 11.3 Å². The van der Waals surface area contributed by atoms with Crippen LogP contribution in [-0.2, 0) is 4.74 Å². The second-order valence-corrected chi connectivity index (χ2v) is 4.56. The smallest absolute Gasteiger partial charge is 0.357 e. The predicted molar refractivity (Wildman–Crippen MR) is 69.8 cm³/mol. The molecule has 0 aliphatic rings. The molecule has 0 spiro atoms. The van der Waals surface area contributed by atoms with Gasteiger partial charge in [-0.25, -0.2) is 4.79 Å². The molecule has 0 aromatic carbocycles. The maximum atomic E-state index is 12.1. The molecule has 2 heterocycles. The number of nitrogens with one attached hydrogen (secondary N) is 1. The van der Waals surface area contributed by atoms with Gasteiger partial charge in [0.1, 0.15) is 6.07 Å². The zero-order valence-corrected chi connectivity index (χ0v) is 11.2. The molecule has 102 valence electrons. The zero-order chi connectivity index (χ0) is 14.7. The van der Waals surface area contributed by atoms with Gasteiger partial charge in [0, 0.05) is 0 Å². The second-order valence-electron chi connectivity index (χ2n) is 3.62. The van der Waals surface area contributed by atoms with Gasteiger partial charge in [0.05, 0.1) is 11.5 Å². The number of rotatable bonds is 3. The molecular weight excluding hydrogens is 282 g/mol. The van der Waals surface area contributed by atoms with Crippen LogP contribution in [0.5, 0.6) is 0 Å². The highest BCUT2D eigenvalue weighted by molar-refractivity contribution is 7.12. The van der Waals surface area contributed by atoms with Gasteiger partial charge in [0.25, 0.3) is 11.5 Å². The summed E-state index contributed by atoms with van der Waals surface area (Å²) in [6.45, 7) is 1.69. The van der Waals surface area contributed by atoms with Crippen molar-refractivity contribution in [3.8, 4) is 6.07 Å². The standard InChI is InChI=1S/C12H9N3O4S/c1-2-19-12(18)9-7(6-13)10(16)15(14-9)11(17)8-4-3-5-20-8/h3-5,14H,2H2,1H3. The van der Waals surface area contributed by atoms with Crippen molar-refractivity contribution < 1.29 is 14.3 Å². The van der Waals surface area contributed by atoms with Crippen molar-refractivity contribution in [1.82, 2.24) is 9.78 Å². The van der Waals surface area contributed by atoms with Crippen LogP contribution < -0.4 is 5.56 Å². The van der Waals surface area contributed by atoms with E-state index in [0.717, 1.165) is 11.3 Å². The molecule has 0 atom stereocenters.